The summed E-state index contributed by atoms with van der Waals surface area (Å²) in [6, 6.07) is 5.52. The Kier molecular flexibility index (Phi) is 4.87. The Labute approximate surface area is 142 Å². The molecule has 0 spiro atoms. The Bertz CT molecular complexity index is 634. The summed E-state index contributed by atoms with van der Waals surface area (Å²) in [6.07, 6.45) is 5.03. The maximum absolute atomic E-state index is 12.3. The number of piperidine rings is 1. The summed E-state index contributed by atoms with van der Waals surface area (Å²) < 4.78 is 0. The molecule has 0 atom stereocenters. The lowest BCUT2D eigenvalue weighted by molar-refractivity contribution is -0.118. The molecule has 1 aromatic carbocycles. The summed E-state index contributed by atoms with van der Waals surface area (Å²) in [5.41, 5.74) is 7.56. The van der Waals surface area contributed by atoms with Gasteiger partial charge in [0.1, 0.15) is 0 Å². The van der Waals surface area contributed by atoms with E-state index >= 15 is 0 Å². The van der Waals surface area contributed by atoms with Crippen molar-refractivity contribution in [3.63, 3.8) is 0 Å². The summed E-state index contributed by atoms with van der Waals surface area (Å²) in [7, 11) is 0. The summed E-state index contributed by atoms with van der Waals surface area (Å²) >= 11 is 0. The topological polar surface area (TPSA) is 87.5 Å². The highest BCUT2D eigenvalue weighted by Crippen LogP contribution is 2.33. The third kappa shape index (κ3) is 4.13. The molecule has 2 amide bonds. The van der Waals surface area contributed by atoms with E-state index < -0.39 is 5.54 Å². The first-order valence-corrected chi connectivity index (χ1v) is 8.69. The largest absolute Gasteiger partial charge is 0.325 e. The molecular formula is C18H26N4O2. The van der Waals surface area contributed by atoms with E-state index in [-0.39, 0.29) is 11.8 Å². The van der Waals surface area contributed by atoms with Gasteiger partial charge in [-0.15, -0.1) is 0 Å². The standard InChI is InChI=1S/C18H26N4O2/c1-13-5-6-14(20-17(24)18(19)7-8-18)11-15(13)21-16(23)12-22-9-3-2-4-10-22/h5-6,11H,2-4,7-10,12,19H2,1H3,(H,20,24)(H,21,23). The molecule has 0 aromatic heterocycles. The molecule has 1 saturated carbocycles. The molecule has 1 aliphatic carbocycles. The van der Waals surface area contributed by atoms with Crippen molar-refractivity contribution in [1.82, 2.24) is 4.90 Å². The Morgan fingerprint density at radius 1 is 1.17 bits per heavy atom. The van der Waals surface area contributed by atoms with Crippen LogP contribution < -0.4 is 16.4 Å². The van der Waals surface area contributed by atoms with Gasteiger partial charge >= 0.3 is 0 Å². The molecule has 3 rings (SSSR count). The molecule has 2 fully saturated rings. The zero-order valence-electron chi connectivity index (χ0n) is 14.2. The summed E-state index contributed by atoms with van der Waals surface area (Å²) in [5, 5.41) is 5.80. The molecule has 130 valence electrons. The van der Waals surface area contributed by atoms with Crippen molar-refractivity contribution in [3.05, 3.63) is 23.8 Å². The van der Waals surface area contributed by atoms with Crippen LogP contribution in [-0.2, 0) is 9.59 Å². The Morgan fingerprint density at radius 3 is 2.54 bits per heavy atom. The quantitative estimate of drug-likeness (QED) is 0.769. The number of nitrogens with zero attached hydrogens (tertiary/aromatic N) is 1. The van der Waals surface area contributed by atoms with Gasteiger partial charge in [-0.2, -0.15) is 0 Å². The van der Waals surface area contributed by atoms with Gasteiger partial charge in [-0.25, -0.2) is 0 Å². The third-order valence-corrected chi connectivity index (χ3v) is 4.83. The normalized spacial score (nSPS) is 19.6. The zero-order chi connectivity index (χ0) is 17.2. The van der Waals surface area contributed by atoms with Crippen LogP contribution in [0.3, 0.4) is 0 Å². The Morgan fingerprint density at radius 2 is 1.88 bits per heavy atom. The van der Waals surface area contributed by atoms with E-state index in [1.54, 1.807) is 6.07 Å². The van der Waals surface area contributed by atoms with Crippen LogP contribution in [0, 0.1) is 6.92 Å². The molecule has 1 aliphatic heterocycles. The van der Waals surface area contributed by atoms with Crippen molar-refractivity contribution >= 4 is 23.2 Å². The monoisotopic (exact) mass is 330 g/mol. The lowest BCUT2D eigenvalue weighted by Gasteiger charge is -2.25. The van der Waals surface area contributed by atoms with E-state index in [4.69, 9.17) is 5.73 Å². The van der Waals surface area contributed by atoms with Crippen LogP contribution in [0.5, 0.6) is 0 Å². The van der Waals surface area contributed by atoms with Gasteiger partial charge in [-0.1, -0.05) is 12.5 Å². The minimum Gasteiger partial charge on any atom is -0.325 e. The van der Waals surface area contributed by atoms with Crippen LogP contribution >= 0.6 is 0 Å². The highest BCUT2D eigenvalue weighted by Gasteiger charge is 2.45. The van der Waals surface area contributed by atoms with E-state index in [0.29, 0.717) is 12.2 Å². The predicted molar refractivity (Wildman–Crippen MR) is 94.9 cm³/mol. The van der Waals surface area contributed by atoms with Gasteiger partial charge in [0.05, 0.1) is 12.1 Å². The number of nitrogens with two attached hydrogens (primary N) is 1. The fraction of sp³-hybridized carbons (Fsp3) is 0.556. The minimum absolute atomic E-state index is 0.0130. The van der Waals surface area contributed by atoms with Gasteiger partial charge in [0.2, 0.25) is 11.8 Å². The maximum atomic E-state index is 12.3. The molecular weight excluding hydrogens is 304 g/mol. The highest BCUT2D eigenvalue weighted by atomic mass is 16.2. The average Bonchev–Trinajstić information content (AvgIpc) is 3.30. The number of benzene rings is 1. The van der Waals surface area contributed by atoms with Gasteiger partial charge in [0.25, 0.3) is 0 Å². The molecule has 6 nitrogen and oxygen atoms in total. The second-order valence-electron chi connectivity index (χ2n) is 7.02. The first-order chi connectivity index (χ1) is 11.5. The minimum atomic E-state index is -0.706. The SMILES string of the molecule is Cc1ccc(NC(=O)C2(N)CC2)cc1NC(=O)CN1CCCCC1. The van der Waals surface area contributed by atoms with E-state index in [2.05, 4.69) is 15.5 Å². The Balaban J connectivity index is 1.60. The van der Waals surface area contributed by atoms with Gasteiger partial charge in [0.15, 0.2) is 0 Å². The molecule has 1 saturated heterocycles. The van der Waals surface area contributed by atoms with Crippen LogP contribution in [0.4, 0.5) is 11.4 Å². The molecule has 24 heavy (non-hydrogen) atoms. The van der Waals surface area contributed by atoms with Crippen molar-refractivity contribution < 1.29 is 9.59 Å². The van der Waals surface area contributed by atoms with Crippen LogP contribution in [0.15, 0.2) is 18.2 Å². The number of aryl methyl sites for hydroxylation is 1. The van der Waals surface area contributed by atoms with Gasteiger partial charge in [-0.05, 0) is 63.4 Å². The van der Waals surface area contributed by atoms with E-state index in [0.717, 1.165) is 50.0 Å². The van der Waals surface area contributed by atoms with Crippen LogP contribution in [0.25, 0.3) is 0 Å². The second kappa shape index (κ2) is 6.91. The molecule has 2 aliphatic rings. The number of carbonyl (C=O) groups excluding carboxylic acids is 2. The second-order valence-corrected chi connectivity index (χ2v) is 7.02. The fourth-order valence-electron chi connectivity index (χ4n) is 2.96. The first-order valence-electron chi connectivity index (χ1n) is 8.69. The number of rotatable bonds is 5. The lowest BCUT2D eigenvalue weighted by atomic mass is 10.1. The molecule has 0 radical (unpaired) electrons. The zero-order valence-corrected chi connectivity index (χ0v) is 14.2. The number of anilines is 2. The van der Waals surface area contributed by atoms with Crippen LogP contribution in [0.2, 0.25) is 0 Å². The number of carbonyl (C=O) groups is 2. The van der Waals surface area contributed by atoms with Crippen LogP contribution in [0.1, 0.15) is 37.7 Å². The molecule has 0 bridgehead atoms. The van der Waals surface area contributed by atoms with Crippen molar-refractivity contribution in [3.8, 4) is 0 Å². The maximum Gasteiger partial charge on any atom is 0.244 e. The number of hydrogen-bond acceptors (Lipinski definition) is 4. The van der Waals surface area contributed by atoms with Gasteiger partial charge in [-0.3, -0.25) is 14.5 Å². The molecule has 1 aromatic rings. The fourth-order valence-corrected chi connectivity index (χ4v) is 2.96. The highest BCUT2D eigenvalue weighted by molar-refractivity contribution is 6.01. The first kappa shape index (κ1) is 16.9. The number of amides is 2. The van der Waals surface area contributed by atoms with Crippen molar-refractivity contribution in [1.29, 1.82) is 0 Å². The third-order valence-electron chi connectivity index (χ3n) is 4.83. The van der Waals surface area contributed by atoms with Crippen molar-refractivity contribution in [2.75, 3.05) is 30.3 Å². The predicted octanol–water partition coefficient (Wildman–Crippen LogP) is 1.85. The molecule has 0 unspecified atom stereocenters. The number of hydrogen-bond donors (Lipinski definition) is 3. The van der Waals surface area contributed by atoms with Crippen molar-refractivity contribution in [2.24, 2.45) is 5.73 Å². The van der Waals surface area contributed by atoms with Gasteiger partial charge < -0.3 is 16.4 Å². The van der Waals surface area contributed by atoms with Crippen molar-refractivity contribution in [2.45, 2.75) is 44.6 Å². The van der Waals surface area contributed by atoms with Crippen LogP contribution in [-0.4, -0.2) is 41.9 Å². The lowest BCUT2D eigenvalue weighted by Crippen LogP contribution is -2.38. The molecule has 6 heteroatoms. The smallest absolute Gasteiger partial charge is 0.244 e. The average molecular weight is 330 g/mol. The Hall–Kier alpha value is -1.92. The van der Waals surface area contributed by atoms with Gasteiger partial charge in [0, 0.05) is 11.4 Å². The summed E-state index contributed by atoms with van der Waals surface area (Å²) in [4.78, 5) is 26.5. The van der Waals surface area contributed by atoms with E-state index in [9.17, 15) is 9.59 Å². The molecule has 1 heterocycles. The summed E-state index contributed by atoms with van der Waals surface area (Å²) in [5.74, 6) is -0.169. The number of nitrogens with one attached hydrogen (secondary N) is 2. The van der Waals surface area contributed by atoms with E-state index in [1.165, 1.54) is 6.42 Å². The summed E-state index contributed by atoms with van der Waals surface area (Å²) in [6.45, 7) is 4.33. The number of likely N-dealkylation sites (tertiary alicyclic amines) is 1. The van der Waals surface area contributed by atoms with E-state index in [1.807, 2.05) is 19.1 Å². The molecule has 4 N–H and O–H groups in total.